The Balaban J connectivity index is 1.56. The molecule has 166 valence electrons. The molecule has 2 N–H and O–H groups in total. The van der Waals surface area contributed by atoms with Gasteiger partial charge in [0.2, 0.25) is 11.8 Å². The molecule has 1 unspecified atom stereocenters. The molecular weight excluding hydrogens is 420 g/mol. The molecule has 0 aliphatic carbocycles. The maximum absolute atomic E-state index is 12.7. The summed E-state index contributed by atoms with van der Waals surface area (Å²) < 4.78 is 5.52. The number of nitrogens with one attached hydrogen (secondary N) is 2. The zero-order chi connectivity index (χ0) is 22.8. The number of ether oxygens (including phenoxy) is 1. The van der Waals surface area contributed by atoms with Gasteiger partial charge in [-0.3, -0.25) is 9.59 Å². The number of thioether (sulfide) groups is 1. The summed E-state index contributed by atoms with van der Waals surface area (Å²) >= 11 is 1.29. The highest BCUT2D eigenvalue weighted by molar-refractivity contribution is 8.00. The molecular formula is C26H28N2O3S. The molecule has 3 rings (SSSR count). The largest absolute Gasteiger partial charge is 0.494 e. The highest BCUT2D eigenvalue weighted by Crippen LogP contribution is 2.24. The van der Waals surface area contributed by atoms with Crippen LogP contribution in [0.4, 0.5) is 5.69 Å². The first-order valence-electron chi connectivity index (χ1n) is 10.6. The fraction of sp³-hybridized carbons (Fsp3) is 0.231. The van der Waals surface area contributed by atoms with Crippen molar-refractivity contribution >= 4 is 29.3 Å². The first-order chi connectivity index (χ1) is 15.5. The molecule has 0 spiro atoms. The van der Waals surface area contributed by atoms with Crippen molar-refractivity contribution in [3.8, 4) is 5.75 Å². The zero-order valence-corrected chi connectivity index (χ0v) is 19.2. The molecule has 3 aromatic carbocycles. The number of rotatable bonds is 10. The van der Waals surface area contributed by atoms with Crippen molar-refractivity contribution in [2.75, 3.05) is 23.4 Å². The summed E-state index contributed by atoms with van der Waals surface area (Å²) in [6.45, 7) is 4.54. The summed E-state index contributed by atoms with van der Waals surface area (Å²) in [7, 11) is 0. The van der Waals surface area contributed by atoms with Crippen LogP contribution >= 0.6 is 11.8 Å². The Bertz CT molecular complexity index is 1010. The molecule has 5 nitrogen and oxygen atoms in total. The van der Waals surface area contributed by atoms with Crippen LogP contribution in [0.3, 0.4) is 0 Å². The molecule has 0 saturated heterocycles. The van der Waals surface area contributed by atoms with E-state index in [1.807, 2.05) is 92.7 Å². The van der Waals surface area contributed by atoms with Gasteiger partial charge in [-0.2, -0.15) is 0 Å². The standard InChI is InChI=1S/C26H28N2O3S/c1-3-31-23-15-11-21(12-16-23)26(20-7-5-4-6-8-20)28-25(30)18-32-17-24(29)27-22-13-9-19(2)10-14-22/h4-16,26H,3,17-18H2,1-2H3,(H,27,29)(H,28,30). The number of carbonyl (C=O) groups is 2. The monoisotopic (exact) mass is 448 g/mol. The van der Waals surface area contributed by atoms with Crippen LogP contribution in [0, 0.1) is 6.92 Å². The maximum atomic E-state index is 12.7. The number of benzene rings is 3. The van der Waals surface area contributed by atoms with Crippen molar-refractivity contribution in [1.82, 2.24) is 5.32 Å². The van der Waals surface area contributed by atoms with Gasteiger partial charge in [-0.05, 0) is 49.2 Å². The molecule has 0 fully saturated rings. The minimum absolute atomic E-state index is 0.124. The van der Waals surface area contributed by atoms with Crippen LogP contribution in [0.5, 0.6) is 5.75 Å². The first kappa shape index (κ1) is 23.4. The van der Waals surface area contributed by atoms with E-state index in [2.05, 4.69) is 10.6 Å². The molecule has 0 radical (unpaired) electrons. The lowest BCUT2D eigenvalue weighted by molar-refractivity contribution is -0.119. The molecule has 32 heavy (non-hydrogen) atoms. The van der Waals surface area contributed by atoms with E-state index in [9.17, 15) is 9.59 Å². The van der Waals surface area contributed by atoms with Crippen LogP contribution < -0.4 is 15.4 Å². The minimum Gasteiger partial charge on any atom is -0.494 e. The van der Waals surface area contributed by atoms with Crippen molar-refractivity contribution < 1.29 is 14.3 Å². The molecule has 6 heteroatoms. The molecule has 0 aliphatic heterocycles. The van der Waals surface area contributed by atoms with Crippen molar-refractivity contribution in [3.05, 3.63) is 95.6 Å². The van der Waals surface area contributed by atoms with Crippen molar-refractivity contribution in [1.29, 1.82) is 0 Å². The maximum Gasteiger partial charge on any atom is 0.234 e. The Kier molecular flexibility index (Phi) is 8.75. The van der Waals surface area contributed by atoms with Crippen LogP contribution in [0.15, 0.2) is 78.9 Å². The van der Waals surface area contributed by atoms with Gasteiger partial charge in [0.25, 0.3) is 0 Å². The first-order valence-corrected chi connectivity index (χ1v) is 11.7. The summed E-state index contributed by atoms with van der Waals surface area (Å²) in [5.41, 5.74) is 3.85. The zero-order valence-electron chi connectivity index (χ0n) is 18.3. The van der Waals surface area contributed by atoms with Crippen LogP contribution in [-0.4, -0.2) is 29.9 Å². The van der Waals surface area contributed by atoms with Crippen LogP contribution in [0.1, 0.15) is 29.7 Å². The lowest BCUT2D eigenvalue weighted by atomic mass is 9.98. The van der Waals surface area contributed by atoms with E-state index in [4.69, 9.17) is 4.74 Å². The van der Waals surface area contributed by atoms with Crippen molar-refractivity contribution in [2.45, 2.75) is 19.9 Å². The lowest BCUT2D eigenvalue weighted by Crippen LogP contribution is -2.31. The minimum atomic E-state index is -0.277. The van der Waals surface area contributed by atoms with Gasteiger partial charge in [0.05, 0.1) is 24.2 Å². The normalized spacial score (nSPS) is 11.4. The third-order valence-corrected chi connectivity index (χ3v) is 5.70. The van der Waals surface area contributed by atoms with E-state index in [1.54, 1.807) is 0 Å². The summed E-state index contributed by atoms with van der Waals surface area (Å²) in [5, 5.41) is 5.95. The number of hydrogen-bond acceptors (Lipinski definition) is 4. The van der Waals surface area contributed by atoms with Gasteiger partial charge in [-0.15, -0.1) is 11.8 Å². The third-order valence-electron chi connectivity index (χ3n) is 4.76. The number of amides is 2. The SMILES string of the molecule is CCOc1ccc(C(NC(=O)CSCC(=O)Nc2ccc(C)cc2)c2ccccc2)cc1. The van der Waals surface area contributed by atoms with E-state index >= 15 is 0 Å². The Labute approximate surface area is 193 Å². The average Bonchev–Trinajstić information content (AvgIpc) is 2.80. The van der Waals surface area contributed by atoms with E-state index in [-0.39, 0.29) is 29.4 Å². The highest BCUT2D eigenvalue weighted by Gasteiger charge is 2.17. The van der Waals surface area contributed by atoms with Gasteiger partial charge in [0, 0.05) is 5.69 Å². The second-order valence-electron chi connectivity index (χ2n) is 7.32. The highest BCUT2D eigenvalue weighted by atomic mass is 32.2. The third kappa shape index (κ3) is 7.17. The van der Waals surface area contributed by atoms with Crippen LogP contribution in [0.2, 0.25) is 0 Å². The fourth-order valence-corrected chi connectivity index (χ4v) is 3.83. The lowest BCUT2D eigenvalue weighted by Gasteiger charge is -2.20. The van der Waals surface area contributed by atoms with E-state index in [1.165, 1.54) is 11.8 Å². The quantitative estimate of drug-likeness (QED) is 0.459. The van der Waals surface area contributed by atoms with Gasteiger partial charge >= 0.3 is 0 Å². The number of anilines is 1. The average molecular weight is 449 g/mol. The summed E-state index contributed by atoms with van der Waals surface area (Å²) in [4.78, 5) is 24.8. The van der Waals surface area contributed by atoms with Gasteiger partial charge in [-0.25, -0.2) is 0 Å². The summed E-state index contributed by atoms with van der Waals surface area (Å²) in [6, 6.07) is 24.9. The molecule has 0 heterocycles. The van der Waals surface area contributed by atoms with Gasteiger partial charge in [0.15, 0.2) is 0 Å². The van der Waals surface area contributed by atoms with E-state index in [0.717, 1.165) is 28.1 Å². The van der Waals surface area contributed by atoms with Crippen LogP contribution in [0.25, 0.3) is 0 Å². The number of hydrogen-bond donors (Lipinski definition) is 2. The summed E-state index contributed by atoms with van der Waals surface area (Å²) in [5.74, 6) is 0.949. The van der Waals surface area contributed by atoms with E-state index < -0.39 is 0 Å². The molecule has 0 bridgehead atoms. The van der Waals surface area contributed by atoms with Gasteiger partial charge in [-0.1, -0.05) is 60.2 Å². The van der Waals surface area contributed by atoms with Crippen molar-refractivity contribution in [3.63, 3.8) is 0 Å². The second kappa shape index (κ2) is 12.0. The Morgan fingerprint density at radius 1 is 0.844 bits per heavy atom. The topological polar surface area (TPSA) is 67.4 Å². The summed E-state index contributed by atoms with van der Waals surface area (Å²) in [6.07, 6.45) is 0. The molecule has 0 saturated carbocycles. The smallest absolute Gasteiger partial charge is 0.234 e. The van der Waals surface area contributed by atoms with Gasteiger partial charge in [0.1, 0.15) is 5.75 Å². The molecule has 1 atom stereocenters. The van der Waals surface area contributed by atoms with Gasteiger partial charge < -0.3 is 15.4 Å². The Hall–Kier alpha value is -3.25. The second-order valence-corrected chi connectivity index (χ2v) is 8.31. The Morgan fingerprint density at radius 3 is 2.12 bits per heavy atom. The predicted octanol–water partition coefficient (Wildman–Crippen LogP) is 4.97. The van der Waals surface area contributed by atoms with E-state index in [0.29, 0.717) is 6.61 Å². The molecule has 3 aromatic rings. The van der Waals surface area contributed by atoms with Crippen LogP contribution in [-0.2, 0) is 9.59 Å². The number of aryl methyl sites for hydroxylation is 1. The number of carbonyl (C=O) groups excluding carboxylic acids is 2. The van der Waals surface area contributed by atoms with Crippen molar-refractivity contribution in [2.24, 2.45) is 0 Å². The Morgan fingerprint density at radius 2 is 1.47 bits per heavy atom. The predicted molar refractivity (Wildman–Crippen MR) is 131 cm³/mol. The molecule has 0 aromatic heterocycles. The molecule has 0 aliphatic rings. The molecule has 2 amide bonds. The fourth-order valence-electron chi connectivity index (χ4n) is 3.20.